The van der Waals surface area contributed by atoms with Crippen molar-refractivity contribution in [2.24, 2.45) is 0 Å². The zero-order valence-electron chi connectivity index (χ0n) is 9.31. The van der Waals surface area contributed by atoms with Crippen molar-refractivity contribution in [3.05, 3.63) is 35.4 Å². The molecule has 0 aliphatic heterocycles. The topological polar surface area (TPSA) is 69.6 Å². The molecule has 1 aromatic rings. The highest BCUT2D eigenvalue weighted by atomic mass is 16.3. The molecule has 1 aromatic carbocycles. The standard InChI is InChI=1S/C12H17NO3/c1-9-2-4-10(5-3-9)6-12(16)13-11(7-14)8-15/h2-5,11,14-15H,6-8H2,1H3,(H,13,16). The largest absolute Gasteiger partial charge is 0.394 e. The molecule has 88 valence electrons. The zero-order chi connectivity index (χ0) is 12.0. The Bertz CT molecular complexity index is 331. The van der Waals surface area contributed by atoms with Gasteiger partial charge in [-0.3, -0.25) is 4.79 Å². The smallest absolute Gasteiger partial charge is 0.224 e. The van der Waals surface area contributed by atoms with Crippen LogP contribution in [0.2, 0.25) is 0 Å². The fourth-order valence-corrected chi connectivity index (χ4v) is 1.32. The average molecular weight is 223 g/mol. The average Bonchev–Trinajstić information content (AvgIpc) is 2.29. The first kappa shape index (κ1) is 12.7. The molecule has 0 heterocycles. The summed E-state index contributed by atoms with van der Waals surface area (Å²) in [6.07, 6.45) is 0.261. The van der Waals surface area contributed by atoms with Gasteiger partial charge in [0.25, 0.3) is 0 Å². The molecule has 0 saturated carbocycles. The van der Waals surface area contributed by atoms with Crippen LogP contribution in [0.4, 0.5) is 0 Å². The third kappa shape index (κ3) is 4.00. The molecule has 1 rings (SSSR count). The van der Waals surface area contributed by atoms with E-state index >= 15 is 0 Å². The second-order valence-electron chi connectivity index (χ2n) is 3.79. The lowest BCUT2D eigenvalue weighted by Gasteiger charge is -2.13. The summed E-state index contributed by atoms with van der Waals surface area (Å²) in [7, 11) is 0. The van der Waals surface area contributed by atoms with Gasteiger partial charge >= 0.3 is 0 Å². The van der Waals surface area contributed by atoms with Crippen molar-refractivity contribution in [3.8, 4) is 0 Å². The first-order valence-electron chi connectivity index (χ1n) is 5.22. The first-order chi connectivity index (χ1) is 7.65. The van der Waals surface area contributed by atoms with Crippen molar-refractivity contribution in [1.82, 2.24) is 5.32 Å². The van der Waals surface area contributed by atoms with Crippen LogP contribution in [-0.4, -0.2) is 35.4 Å². The number of hydrogen-bond donors (Lipinski definition) is 3. The van der Waals surface area contributed by atoms with E-state index in [0.717, 1.165) is 11.1 Å². The molecule has 4 heteroatoms. The number of aliphatic hydroxyl groups is 2. The van der Waals surface area contributed by atoms with E-state index in [4.69, 9.17) is 10.2 Å². The molecule has 0 spiro atoms. The molecule has 1 amide bonds. The molecular formula is C12H17NO3. The Kier molecular flexibility index (Phi) is 4.95. The van der Waals surface area contributed by atoms with E-state index in [1.165, 1.54) is 0 Å². The lowest BCUT2D eigenvalue weighted by molar-refractivity contribution is -0.121. The van der Waals surface area contributed by atoms with Crippen molar-refractivity contribution >= 4 is 5.91 Å². The Hall–Kier alpha value is -1.39. The van der Waals surface area contributed by atoms with E-state index < -0.39 is 6.04 Å². The van der Waals surface area contributed by atoms with Gasteiger partial charge in [-0.15, -0.1) is 0 Å². The van der Waals surface area contributed by atoms with Crippen molar-refractivity contribution in [3.63, 3.8) is 0 Å². The molecule has 0 saturated heterocycles. The van der Waals surface area contributed by atoms with Crippen LogP contribution < -0.4 is 5.32 Å². The molecule has 0 aliphatic rings. The van der Waals surface area contributed by atoms with Crippen LogP contribution in [0.15, 0.2) is 24.3 Å². The van der Waals surface area contributed by atoms with Crippen molar-refractivity contribution in [2.45, 2.75) is 19.4 Å². The highest BCUT2D eigenvalue weighted by molar-refractivity contribution is 5.78. The van der Waals surface area contributed by atoms with Gasteiger partial charge in [-0.05, 0) is 12.5 Å². The van der Waals surface area contributed by atoms with E-state index in [1.54, 1.807) is 0 Å². The normalized spacial score (nSPS) is 10.5. The van der Waals surface area contributed by atoms with Gasteiger partial charge in [0.15, 0.2) is 0 Å². The maximum Gasteiger partial charge on any atom is 0.224 e. The second kappa shape index (κ2) is 6.25. The Morgan fingerprint density at radius 3 is 2.31 bits per heavy atom. The third-order valence-electron chi connectivity index (χ3n) is 2.29. The van der Waals surface area contributed by atoms with Crippen molar-refractivity contribution in [2.75, 3.05) is 13.2 Å². The lowest BCUT2D eigenvalue weighted by Crippen LogP contribution is -2.40. The summed E-state index contributed by atoms with van der Waals surface area (Å²) in [6, 6.07) is 7.10. The summed E-state index contributed by atoms with van der Waals surface area (Å²) in [6.45, 7) is 1.48. The van der Waals surface area contributed by atoms with Crippen LogP contribution in [0.5, 0.6) is 0 Å². The molecule has 0 aliphatic carbocycles. The summed E-state index contributed by atoms with van der Waals surface area (Å²) in [5.74, 6) is -0.197. The maximum atomic E-state index is 11.5. The highest BCUT2D eigenvalue weighted by Crippen LogP contribution is 2.03. The van der Waals surface area contributed by atoms with Crippen LogP contribution in [0.1, 0.15) is 11.1 Å². The molecule has 4 nitrogen and oxygen atoms in total. The quantitative estimate of drug-likeness (QED) is 0.658. The first-order valence-corrected chi connectivity index (χ1v) is 5.22. The number of carbonyl (C=O) groups excluding carboxylic acids is 1. The number of aliphatic hydroxyl groups excluding tert-OH is 2. The third-order valence-corrected chi connectivity index (χ3v) is 2.29. The van der Waals surface area contributed by atoms with Gasteiger partial charge in [0, 0.05) is 0 Å². The van der Waals surface area contributed by atoms with Gasteiger partial charge in [-0.1, -0.05) is 29.8 Å². The van der Waals surface area contributed by atoms with Crippen molar-refractivity contribution in [1.29, 1.82) is 0 Å². The molecule has 0 radical (unpaired) electrons. The minimum Gasteiger partial charge on any atom is -0.394 e. The van der Waals surface area contributed by atoms with Gasteiger partial charge in [0.2, 0.25) is 5.91 Å². The number of hydrogen-bond acceptors (Lipinski definition) is 3. The lowest BCUT2D eigenvalue weighted by atomic mass is 10.1. The van der Waals surface area contributed by atoms with Gasteiger partial charge in [0.1, 0.15) is 0 Å². The molecule has 0 atom stereocenters. The van der Waals surface area contributed by atoms with Gasteiger partial charge in [-0.2, -0.15) is 0 Å². The van der Waals surface area contributed by atoms with E-state index in [2.05, 4.69) is 5.32 Å². The maximum absolute atomic E-state index is 11.5. The molecule has 16 heavy (non-hydrogen) atoms. The fourth-order valence-electron chi connectivity index (χ4n) is 1.32. The van der Waals surface area contributed by atoms with Crippen LogP contribution in [0, 0.1) is 6.92 Å². The van der Waals surface area contributed by atoms with E-state index in [9.17, 15) is 4.79 Å². The predicted molar refractivity (Wildman–Crippen MR) is 61.0 cm³/mol. The Balaban J connectivity index is 2.48. The number of benzene rings is 1. The summed E-state index contributed by atoms with van der Waals surface area (Å²) in [5.41, 5.74) is 2.06. The van der Waals surface area contributed by atoms with Crippen LogP contribution in [0.3, 0.4) is 0 Å². The second-order valence-corrected chi connectivity index (χ2v) is 3.79. The number of nitrogens with one attached hydrogen (secondary N) is 1. The molecule has 3 N–H and O–H groups in total. The van der Waals surface area contributed by atoms with Crippen LogP contribution >= 0.6 is 0 Å². The minimum atomic E-state index is -0.571. The zero-order valence-corrected chi connectivity index (χ0v) is 9.31. The highest BCUT2D eigenvalue weighted by Gasteiger charge is 2.10. The molecule has 0 bridgehead atoms. The summed E-state index contributed by atoms with van der Waals surface area (Å²) in [4.78, 5) is 11.5. The van der Waals surface area contributed by atoms with Gasteiger partial charge in [-0.25, -0.2) is 0 Å². The van der Waals surface area contributed by atoms with Crippen molar-refractivity contribution < 1.29 is 15.0 Å². The number of carbonyl (C=O) groups is 1. The fraction of sp³-hybridized carbons (Fsp3) is 0.417. The predicted octanol–water partition coefficient (Wildman–Crippen LogP) is 0.00692. The van der Waals surface area contributed by atoms with Gasteiger partial charge < -0.3 is 15.5 Å². The van der Waals surface area contributed by atoms with Gasteiger partial charge in [0.05, 0.1) is 25.7 Å². The van der Waals surface area contributed by atoms with E-state index in [-0.39, 0.29) is 25.5 Å². The monoisotopic (exact) mass is 223 g/mol. The Morgan fingerprint density at radius 1 is 1.25 bits per heavy atom. The molecular weight excluding hydrogens is 206 g/mol. The number of aryl methyl sites for hydroxylation is 1. The minimum absolute atomic E-state index is 0.197. The summed E-state index contributed by atoms with van der Waals surface area (Å²) in [5, 5.41) is 20.1. The summed E-state index contributed by atoms with van der Waals surface area (Å²) >= 11 is 0. The Morgan fingerprint density at radius 2 is 1.81 bits per heavy atom. The Labute approximate surface area is 94.9 Å². The molecule has 0 unspecified atom stereocenters. The van der Waals surface area contributed by atoms with E-state index in [1.807, 2.05) is 31.2 Å². The summed E-state index contributed by atoms with van der Waals surface area (Å²) < 4.78 is 0. The molecule has 0 fully saturated rings. The van der Waals surface area contributed by atoms with E-state index in [0.29, 0.717) is 0 Å². The molecule has 0 aromatic heterocycles. The number of amides is 1. The SMILES string of the molecule is Cc1ccc(CC(=O)NC(CO)CO)cc1. The van der Waals surface area contributed by atoms with Crippen LogP contribution in [-0.2, 0) is 11.2 Å². The number of rotatable bonds is 5. The van der Waals surface area contributed by atoms with Crippen LogP contribution in [0.25, 0.3) is 0 Å².